The van der Waals surface area contributed by atoms with E-state index in [1.54, 1.807) is 5.57 Å². The van der Waals surface area contributed by atoms with Gasteiger partial charge in [-0.3, -0.25) is 0 Å². The van der Waals surface area contributed by atoms with Crippen LogP contribution >= 0.6 is 0 Å². The molecule has 1 aliphatic heterocycles. The Morgan fingerprint density at radius 2 is 2.00 bits per heavy atom. The van der Waals surface area contributed by atoms with Gasteiger partial charge in [0.2, 0.25) is 0 Å². The van der Waals surface area contributed by atoms with Gasteiger partial charge in [-0.05, 0) is 32.6 Å². The van der Waals surface area contributed by atoms with Crippen LogP contribution in [0.5, 0.6) is 0 Å². The lowest BCUT2D eigenvalue weighted by atomic mass is 9.70. The second kappa shape index (κ2) is 3.54. The van der Waals surface area contributed by atoms with Gasteiger partial charge >= 0.3 is 0 Å². The van der Waals surface area contributed by atoms with E-state index in [1.165, 1.54) is 5.57 Å². The first-order valence-electron chi connectivity index (χ1n) is 5.58. The molecule has 2 rings (SSSR count). The molecule has 0 radical (unpaired) electrons. The number of allylic oxidation sites excluding steroid dienone is 3. The Labute approximate surface area is 86.8 Å². The Balaban J connectivity index is 2.29. The highest BCUT2D eigenvalue weighted by Crippen LogP contribution is 2.40. The monoisotopic (exact) mass is 192 g/mol. The molecule has 1 heteroatoms. The van der Waals surface area contributed by atoms with E-state index in [9.17, 15) is 0 Å². The van der Waals surface area contributed by atoms with E-state index in [2.05, 4.69) is 39.8 Å². The Hall–Kier alpha value is -0.560. The van der Waals surface area contributed by atoms with Crippen molar-refractivity contribution in [1.82, 2.24) is 0 Å². The molecule has 1 saturated heterocycles. The molecule has 78 valence electrons. The average Bonchev–Trinajstić information content (AvgIpc) is 2.17. The molecule has 2 aliphatic rings. The van der Waals surface area contributed by atoms with Crippen LogP contribution in [-0.2, 0) is 4.74 Å². The number of fused-ring (bicyclic) bond motifs is 1. The molecule has 0 spiro atoms. The van der Waals surface area contributed by atoms with Crippen LogP contribution < -0.4 is 0 Å². The topological polar surface area (TPSA) is 9.23 Å². The zero-order valence-electron chi connectivity index (χ0n) is 9.58. The number of ether oxygens (including phenoxy) is 1. The third kappa shape index (κ3) is 1.44. The third-order valence-electron chi connectivity index (χ3n) is 4.04. The molecular formula is C13H20O. The van der Waals surface area contributed by atoms with E-state index in [-0.39, 0.29) is 0 Å². The molecular weight excluding hydrogens is 172 g/mol. The highest BCUT2D eigenvalue weighted by molar-refractivity contribution is 5.31. The number of rotatable bonds is 0. The fraction of sp³-hybridized carbons (Fsp3) is 0.692. The molecule has 0 saturated carbocycles. The smallest absolute Gasteiger partial charge is 0.0578 e. The summed E-state index contributed by atoms with van der Waals surface area (Å²) in [6.07, 6.45) is 4.99. The first-order chi connectivity index (χ1) is 6.61. The summed E-state index contributed by atoms with van der Waals surface area (Å²) in [6.45, 7) is 9.91. The Bertz CT molecular complexity index is 288. The van der Waals surface area contributed by atoms with Gasteiger partial charge in [0, 0.05) is 5.92 Å². The van der Waals surface area contributed by atoms with Crippen LogP contribution in [0.1, 0.15) is 27.7 Å². The fourth-order valence-corrected chi connectivity index (χ4v) is 2.75. The normalized spacial score (nSPS) is 42.6. The van der Waals surface area contributed by atoms with E-state index in [4.69, 9.17) is 4.74 Å². The molecule has 0 aromatic heterocycles. The third-order valence-corrected chi connectivity index (χ3v) is 4.04. The lowest BCUT2D eigenvalue weighted by Crippen LogP contribution is -2.40. The van der Waals surface area contributed by atoms with Gasteiger partial charge in [-0.25, -0.2) is 0 Å². The summed E-state index contributed by atoms with van der Waals surface area (Å²) in [6, 6.07) is 0. The lowest BCUT2D eigenvalue weighted by Gasteiger charge is -2.42. The summed E-state index contributed by atoms with van der Waals surface area (Å²) >= 11 is 0. The molecule has 1 heterocycles. The van der Waals surface area contributed by atoms with Crippen LogP contribution in [0.3, 0.4) is 0 Å². The highest BCUT2D eigenvalue weighted by atomic mass is 16.5. The first kappa shape index (κ1) is 9.97. The second-order valence-corrected chi connectivity index (χ2v) is 4.81. The van der Waals surface area contributed by atoms with Crippen molar-refractivity contribution in [1.29, 1.82) is 0 Å². The molecule has 0 aromatic rings. The van der Waals surface area contributed by atoms with Crippen molar-refractivity contribution in [3.05, 3.63) is 23.3 Å². The maximum atomic E-state index is 5.77. The van der Waals surface area contributed by atoms with Gasteiger partial charge in [-0.2, -0.15) is 0 Å². The molecule has 2 unspecified atom stereocenters. The van der Waals surface area contributed by atoms with Crippen molar-refractivity contribution in [2.24, 2.45) is 17.8 Å². The molecule has 0 N–H and O–H groups in total. The minimum absolute atomic E-state index is 0.408. The molecule has 4 atom stereocenters. The van der Waals surface area contributed by atoms with Crippen LogP contribution in [-0.4, -0.2) is 12.7 Å². The van der Waals surface area contributed by atoms with E-state index in [0.717, 1.165) is 6.61 Å². The van der Waals surface area contributed by atoms with E-state index < -0.39 is 0 Å². The quantitative estimate of drug-likeness (QED) is 0.573. The van der Waals surface area contributed by atoms with Crippen molar-refractivity contribution < 1.29 is 4.74 Å². The minimum atomic E-state index is 0.408. The Morgan fingerprint density at radius 3 is 2.71 bits per heavy atom. The van der Waals surface area contributed by atoms with Crippen molar-refractivity contribution in [2.75, 3.05) is 6.61 Å². The Kier molecular flexibility index (Phi) is 2.52. The highest BCUT2D eigenvalue weighted by Gasteiger charge is 2.36. The van der Waals surface area contributed by atoms with Gasteiger partial charge in [-0.1, -0.05) is 30.2 Å². The standard InChI is InChI=1S/C13H20O/c1-8-5-6-12-7-14-11(4)10(3)13(12)9(8)2/h5-6,10-13H,7H2,1-4H3/t10-,11+,12?,13?/m1/s1. The molecule has 1 aliphatic carbocycles. The molecule has 1 fully saturated rings. The largest absolute Gasteiger partial charge is 0.378 e. The lowest BCUT2D eigenvalue weighted by molar-refractivity contribution is -0.0542. The van der Waals surface area contributed by atoms with Crippen LogP contribution in [0.4, 0.5) is 0 Å². The SMILES string of the molecule is CC1=C(C)C2C(C=C1)CO[C@@H](C)[C@H]2C. The summed E-state index contributed by atoms with van der Waals surface area (Å²) < 4.78 is 5.77. The zero-order chi connectivity index (χ0) is 10.3. The number of hydrogen-bond acceptors (Lipinski definition) is 1. The van der Waals surface area contributed by atoms with Crippen LogP contribution in [0.2, 0.25) is 0 Å². The summed E-state index contributed by atoms with van der Waals surface area (Å²) in [5.41, 5.74) is 3.02. The van der Waals surface area contributed by atoms with Gasteiger partial charge in [0.1, 0.15) is 0 Å². The van der Waals surface area contributed by atoms with Gasteiger partial charge in [-0.15, -0.1) is 0 Å². The van der Waals surface area contributed by atoms with E-state index in [1.807, 2.05) is 0 Å². The van der Waals surface area contributed by atoms with Crippen LogP contribution in [0.25, 0.3) is 0 Å². The van der Waals surface area contributed by atoms with Gasteiger partial charge in [0.25, 0.3) is 0 Å². The van der Waals surface area contributed by atoms with Gasteiger partial charge in [0.15, 0.2) is 0 Å². The number of hydrogen-bond donors (Lipinski definition) is 0. The molecule has 0 bridgehead atoms. The van der Waals surface area contributed by atoms with Crippen molar-refractivity contribution in [3.8, 4) is 0 Å². The predicted octanol–water partition coefficient (Wildman–Crippen LogP) is 3.18. The average molecular weight is 192 g/mol. The molecule has 1 nitrogen and oxygen atoms in total. The van der Waals surface area contributed by atoms with Crippen molar-refractivity contribution in [2.45, 2.75) is 33.8 Å². The van der Waals surface area contributed by atoms with Crippen LogP contribution in [0, 0.1) is 17.8 Å². The minimum Gasteiger partial charge on any atom is -0.378 e. The Morgan fingerprint density at radius 1 is 1.29 bits per heavy atom. The van der Waals surface area contributed by atoms with E-state index in [0.29, 0.717) is 23.9 Å². The van der Waals surface area contributed by atoms with Gasteiger partial charge < -0.3 is 4.74 Å². The molecule has 0 aromatic carbocycles. The summed E-state index contributed by atoms with van der Waals surface area (Å²) in [4.78, 5) is 0. The molecule has 14 heavy (non-hydrogen) atoms. The predicted molar refractivity (Wildman–Crippen MR) is 59.1 cm³/mol. The van der Waals surface area contributed by atoms with Gasteiger partial charge in [0.05, 0.1) is 12.7 Å². The fourth-order valence-electron chi connectivity index (χ4n) is 2.75. The second-order valence-electron chi connectivity index (χ2n) is 4.81. The maximum absolute atomic E-state index is 5.77. The van der Waals surface area contributed by atoms with Crippen molar-refractivity contribution >= 4 is 0 Å². The summed E-state index contributed by atoms with van der Waals surface area (Å²) in [5, 5.41) is 0. The zero-order valence-corrected chi connectivity index (χ0v) is 9.58. The van der Waals surface area contributed by atoms with Crippen molar-refractivity contribution in [3.63, 3.8) is 0 Å². The van der Waals surface area contributed by atoms with Crippen LogP contribution in [0.15, 0.2) is 23.3 Å². The first-order valence-corrected chi connectivity index (χ1v) is 5.58. The summed E-state index contributed by atoms with van der Waals surface area (Å²) in [5.74, 6) is 1.97. The summed E-state index contributed by atoms with van der Waals surface area (Å²) in [7, 11) is 0. The maximum Gasteiger partial charge on any atom is 0.0578 e. The molecule has 0 amide bonds. The van der Waals surface area contributed by atoms with E-state index >= 15 is 0 Å².